The lowest BCUT2D eigenvalue weighted by molar-refractivity contribution is 0.102. The highest BCUT2D eigenvalue weighted by molar-refractivity contribution is 6.09. The molecule has 0 radical (unpaired) electrons. The van der Waals surface area contributed by atoms with Gasteiger partial charge in [0.15, 0.2) is 11.5 Å². The van der Waals surface area contributed by atoms with Gasteiger partial charge in [0.1, 0.15) is 6.61 Å². The highest BCUT2D eigenvalue weighted by atomic mass is 16.5. The quantitative estimate of drug-likeness (QED) is 0.453. The van der Waals surface area contributed by atoms with Crippen LogP contribution in [-0.2, 0) is 6.61 Å². The van der Waals surface area contributed by atoms with Crippen LogP contribution in [0.25, 0.3) is 10.9 Å². The van der Waals surface area contributed by atoms with Crippen LogP contribution >= 0.6 is 0 Å². The minimum atomic E-state index is -0.228. The first-order valence-electron chi connectivity index (χ1n) is 10.1. The third-order valence-corrected chi connectivity index (χ3v) is 4.84. The van der Waals surface area contributed by atoms with Crippen molar-refractivity contribution in [1.29, 1.82) is 0 Å². The predicted octanol–water partition coefficient (Wildman–Crippen LogP) is 5.17. The summed E-state index contributed by atoms with van der Waals surface area (Å²) < 4.78 is 11.6. The van der Waals surface area contributed by atoms with Gasteiger partial charge in [0, 0.05) is 35.1 Å². The summed E-state index contributed by atoms with van der Waals surface area (Å²) in [6, 6.07) is 16.6. The Labute approximate surface area is 180 Å². The molecule has 0 aliphatic rings. The van der Waals surface area contributed by atoms with Crippen LogP contribution in [0.5, 0.6) is 11.5 Å². The summed E-state index contributed by atoms with van der Waals surface area (Å²) in [6.45, 7) is 4.72. The minimum Gasteiger partial charge on any atom is -0.490 e. The molecule has 4 aromatic rings. The molecule has 1 N–H and O–H groups in total. The SMILES string of the molecule is CCOc1cc(C(=O)Nc2ccc(C)c3ncccc23)ccc1OCc1cccnc1. The minimum absolute atomic E-state index is 0.228. The number of amides is 1. The van der Waals surface area contributed by atoms with E-state index in [0.717, 1.165) is 22.0 Å². The van der Waals surface area contributed by atoms with Crippen LogP contribution in [0.4, 0.5) is 5.69 Å². The number of hydrogen-bond acceptors (Lipinski definition) is 5. The normalized spacial score (nSPS) is 10.6. The standard InChI is InChI=1S/C25H23N3O3/c1-3-30-23-14-19(9-11-22(23)31-16-18-6-4-12-26-15-18)25(29)28-21-10-8-17(2)24-20(21)7-5-13-27-24/h4-15H,3,16H2,1-2H3,(H,28,29). The van der Waals surface area contributed by atoms with Crippen LogP contribution in [-0.4, -0.2) is 22.5 Å². The second-order valence-electron chi connectivity index (χ2n) is 7.03. The Morgan fingerprint density at radius 2 is 1.87 bits per heavy atom. The van der Waals surface area contributed by atoms with E-state index < -0.39 is 0 Å². The zero-order chi connectivity index (χ0) is 21.6. The molecule has 0 bridgehead atoms. The molecule has 0 unspecified atom stereocenters. The average Bonchev–Trinajstić information content (AvgIpc) is 2.81. The summed E-state index contributed by atoms with van der Waals surface area (Å²) >= 11 is 0. The number of carbonyl (C=O) groups excluding carboxylic acids is 1. The highest BCUT2D eigenvalue weighted by Crippen LogP contribution is 2.30. The first kappa shape index (κ1) is 20.3. The van der Waals surface area contributed by atoms with E-state index in [9.17, 15) is 4.79 Å². The van der Waals surface area contributed by atoms with E-state index in [1.54, 1.807) is 36.8 Å². The summed E-state index contributed by atoms with van der Waals surface area (Å²) in [5.74, 6) is 0.871. The first-order valence-corrected chi connectivity index (χ1v) is 10.1. The molecule has 0 saturated heterocycles. The van der Waals surface area contributed by atoms with Gasteiger partial charge in [-0.25, -0.2) is 0 Å². The van der Waals surface area contributed by atoms with E-state index in [-0.39, 0.29) is 5.91 Å². The van der Waals surface area contributed by atoms with Crippen molar-refractivity contribution < 1.29 is 14.3 Å². The fourth-order valence-electron chi connectivity index (χ4n) is 3.30. The van der Waals surface area contributed by atoms with Crippen molar-refractivity contribution in [3.05, 3.63) is 89.9 Å². The van der Waals surface area contributed by atoms with E-state index in [4.69, 9.17) is 9.47 Å². The first-order chi connectivity index (χ1) is 15.2. The Balaban J connectivity index is 1.56. The molecule has 6 heteroatoms. The zero-order valence-electron chi connectivity index (χ0n) is 17.5. The van der Waals surface area contributed by atoms with Gasteiger partial charge in [-0.2, -0.15) is 0 Å². The number of nitrogens with zero attached hydrogens (tertiary/aromatic N) is 2. The second-order valence-corrected chi connectivity index (χ2v) is 7.03. The summed E-state index contributed by atoms with van der Waals surface area (Å²) in [6.07, 6.45) is 5.22. The maximum atomic E-state index is 13.0. The van der Waals surface area contributed by atoms with E-state index >= 15 is 0 Å². The maximum Gasteiger partial charge on any atom is 0.255 e. The molecule has 2 aromatic carbocycles. The van der Waals surface area contributed by atoms with E-state index in [0.29, 0.717) is 36.0 Å². The molecular weight excluding hydrogens is 390 g/mol. The molecule has 31 heavy (non-hydrogen) atoms. The number of nitrogens with one attached hydrogen (secondary N) is 1. The maximum absolute atomic E-state index is 13.0. The van der Waals surface area contributed by atoms with E-state index in [2.05, 4.69) is 15.3 Å². The van der Waals surface area contributed by atoms with E-state index in [1.807, 2.05) is 50.2 Å². The van der Waals surface area contributed by atoms with Crippen molar-refractivity contribution in [2.24, 2.45) is 0 Å². The Morgan fingerprint density at radius 3 is 2.68 bits per heavy atom. The second kappa shape index (κ2) is 9.26. The molecule has 0 spiro atoms. The molecule has 0 fully saturated rings. The molecule has 0 atom stereocenters. The lowest BCUT2D eigenvalue weighted by Gasteiger charge is -2.14. The number of benzene rings is 2. The van der Waals surface area contributed by atoms with Crippen LogP contribution < -0.4 is 14.8 Å². The Hall–Kier alpha value is -3.93. The summed E-state index contributed by atoms with van der Waals surface area (Å²) in [5.41, 5.74) is 4.08. The lowest BCUT2D eigenvalue weighted by Crippen LogP contribution is -2.13. The number of anilines is 1. The molecule has 6 nitrogen and oxygen atoms in total. The zero-order valence-corrected chi connectivity index (χ0v) is 17.5. The van der Waals surface area contributed by atoms with Crippen molar-refractivity contribution >= 4 is 22.5 Å². The number of carbonyl (C=O) groups is 1. The van der Waals surface area contributed by atoms with Gasteiger partial charge in [-0.1, -0.05) is 12.1 Å². The van der Waals surface area contributed by atoms with Crippen molar-refractivity contribution in [2.45, 2.75) is 20.5 Å². The van der Waals surface area contributed by atoms with Crippen LogP contribution in [0.3, 0.4) is 0 Å². The van der Waals surface area contributed by atoms with Gasteiger partial charge < -0.3 is 14.8 Å². The van der Waals surface area contributed by atoms with Gasteiger partial charge in [0.2, 0.25) is 0 Å². The monoisotopic (exact) mass is 413 g/mol. The molecule has 4 rings (SSSR count). The van der Waals surface area contributed by atoms with Gasteiger partial charge >= 0.3 is 0 Å². The fourth-order valence-corrected chi connectivity index (χ4v) is 3.30. The van der Waals surface area contributed by atoms with Crippen molar-refractivity contribution in [3.63, 3.8) is 0 Å². The van der Waals surface area contributed by atoms with Gasteiger partial charge in [-0.05, 0) is 61.9 Å². The topological polar surface area (TPSA) is 73.3 Å². The van der Waals surface area contributed by atoms with Crippen molar-refractivity contribution in [2.75, 3.05) is 11.9 Å². The molecular formula is C25H23N3O3. The fraction of sp³-hybridized carbons (Fsp3) is 0.160. The van der Waals surface area contributed by atoms with Gasteiger partial charge in [-0.3, -0.25) is 14.8 Å². The number of aryl methyl sites for hydroxylation is 1. The Morgan fingerprint density at radius 1 is 1.00 bits per heavy atom. The smallest absolute Gasteiger partial charge is 0.255 e. The summed E-state index contributed by atoms with van der Waals surface area (Å²) in [7, 11) is 0. The molecule has 2 heterocycles. The van der Waals surface area contributed by atoms with Crippen LogP contribution in [0.15, 0.2) is 73.2 Å². The molecule has 2 aromatic heterocycles. The van der Waals surface area contributed by atoms with Gasteiger partial charge in [0.05, 0.1) is 17.8 Å². The van der Waals surface area contributed by atoms with Crippen LogP contribution in [0.1, 0.15) is 28.4 Å². The molecule has 1 amide bonds. The Bertz CT molecular complexity index is 1210. The third kappa shape index (κ3) is 4.64. The molecule has 0 aliphatic heterocycles. The highest BCUT2D eigenvalue weighted by Gasteiger charge is 2.14. The number of aromatic nitrogens is 2. The largest absolute Gasteiger partial charge is 0.490 e. The van der Waals surface area contributed by atoms with Crippen molar-refractivity contribution in [1.82, 2.24) is 9.97 Å². The van der Waals surface area contributed by atoms with E-state index in [1.165, 1.54) is 0 Å². The number of rotatable bonds is 7. The van der Waals surface area contributed by atoms with Crippen LogP contribution in [0, 0.1) is 6.92 Å². The molecule has 156 valence electrons. The third-order valence-electron chi connectivity index (χ3n) is 4.84. The number of ether oxygens (including phenoxy) is 2. The van der Waals surface area contributed by atoms with Crippen LogP contribution in [0.2, 0.25) is 0 Å². The van der Waals surface area contributed by atoms with Gasteiger partial charge in [0.25, 0.3) is 5.91 Å². The van der Waals surface area contributed by atoms with Gasteiger partial charge in [-0.15, -0.1) is 0 Å². The number of pyridine rings is 2. The Kier molecular flexibility index (Phi) is 6.08. The number of fused-ring (bicyclic) bond motifs is 1. The average molecular weight is 413 g/mol. The lowest BCUT2D eigenvalue weighted by atomic mass is 10.1. The summed E-state index contributed by atoms with van der Waals surface area (Å²) in [4.78, 5) is 21.5. The number of hydrogen-bond donors (Lipinski definition) is 1. The molecule has 0 aliphatic carbocycles. The van der Waals surface area contributed by atoms with Crippen molar-refractivity contribution in [3.8, 4) is 11.5 Å². The summed E-state index contributed by atoms with van der Waals surface area (Å²) in [5, 5.41) is 3.89. The molecule has 0 saturated carbocycles. The predicted molar refractivity (Wildman–Crippen MR) is 121 cm³/mol.